The smallest absolute Gasteiger partial charge is 0.123 e. The third-order valence-electron chi connectivity index (χ3n) is 4.22. The van der Waals surface area contributed by atoms with E-state index < -0.39 is 0 Å². The first-order valence-corrected chi connectivity index (χ1v) is 7.47. The molecule has 0 spiro atoms. The summed E-state index contributed by atoms with van der Waals surface area (Å²) in [6, 6.07) is 5.74. The van der Waals surface area contributed by atoms with Crippen LogP contribution in [0.25, 0.3) is 0 Å². The van der Waals surface area contributed by atoms with Gasteiger partial charge in [0, 0.05) is 36.7 Å². The first kappa shape index (κ1) is 14.1. The maximum Gasteiger partial charge on any atom is 0.123 e. The van der Waals surface area contributed by atoms with Gasteiger partial charge in [-0.15, -0.1) is 0 Å². The Morgan fingerprint density at radius 2 is 2.15 bits per heavy atom. The van der Waals surface area contributed by atoms with Crippen molar-refractivity contribution in [2.24, 2.45) is 0 Å². The van der Waals surface area contributed by atoms with Crippen LogP contribution in [0.4, 0.5) is 0 Å². The van der Waals surface area contributed by atoms with Gasteiger partial charge in [0.1, 0.15) is 11.9 Å². The Bertz CT molecular complexity index is 474. The predicted octanol–water partition coefficient (Wildman–Crippen LogP) is 1.77. The van der Waals surface area contributed by atoms with Gasteiger partial charge in [-0.05, 0) is 36.6 Å². The van der Waals surface area contributed by atoms with E-state index >= 15 is 0 Å². The second-order valence-corrected chi connectivity index (χ2v) is 6.06. The fourth-order valence-electron chi connectivity index (χ4n) is 2.89. The van der Waals surface area contributed by atoms with Gasteiger partial charge in [0.05, 0.1) is 6.61 Å². The van der Waals surface area contributed by atoms with Gasteiger partial charge in [-0.2, -0.15) is 0 Å². The van der Waals surface area contributed by atoms with Gasteiger partial charge in [0.2, 0.25) is 0 Å². The summed E-state index contributed by atoms with van der Waals surface area (Å²) in [5, 5.41) is 13.9. The molecule has 2 aliphatic heterocycles. The number of halogens is 1. The highest BCUT2D eigenvalue weighted by atomic mass is 35.5. The summed E-state index contributed by atoms with van der Waals surface area (Å²) in [5.41, 5.74) is 0.947. The Balaban J connectivity index is 1.57. The number of aliphatic hydroxyl groups excluding tert-OH is 1. The van der Waals surface area contributed by atoms with E-state index in [2.05, 4.69) is 5.32 Å². The molecule has 0 amide bonds. The molecule has 4 nitrogen and oxygen atoms in total. The van der Waals surface area contributed by atoms with E-state index in [-0.39, 0.29) is 18.2 Å². The lowest BCUT2D eigenvalue weighted by molar-refractivity contribution is 0.00826. The Morgan fingerprint density at radius 1 is 1.35 bits per heavy atom. The highest BCUT2D eigenvalue weighted by Crippen LogP contribution is 2.31. The van der Waals surface area contributed by atoms with E-state index in [9.17, 15) is 5.11 Å². The summed E-state index contributed by atoms with van der Waals surface area (Å²) in [6.07, 6.45) is 2.65. The van der Waals surface area contributed by atoms with Gasteiger partial charge < -0.3 is 19.9 Å². The molecule has 0 aliphatic carbocycles. The molecule has 110 valence electrons. The maximum atomic E-state index is 9.65. The summed E-state index contributed by atoms with van der Waals surface area (Å²) in [4.78, 5) is 0. The van der Waals surface area contributed by atoms with Crippen molar-refractivity contribution in [3.63, 3.8) is 0 Å². The van der Waals surface area contributed by atoms with Crippen LogP contribution in [0.1, 0.15) is 18.4 Å². The van der Waals surface area contributed by atoms with Crippen molar-refractivity contribution in [3.05, 3.63) is 28.8 Å². The summed E-state index contributed by atoms with van der Waals surface area (Å²) in [7, 11) is 0. The van der Waals surface area contributed by atoms with Gasteiger partial charge in [-0.3, -0.25) is 0 Å². The van der Waals surface area contributed by atoms with Crippen LogP contribution in [-0.2, 0) is 11.2 Å². The number of benzene rings is 1. The molecule has 0 saturated carbocycles. The average Bonchev–Trinajstić information content (AvgIpc) is 2.88. The van der Waals surface area contributed by atoms with Gasteiger partial charge >= 0.3 is 0 Å². The molecule has 1 aromatic rings. The molecule has 1 aromatic carbocycles. The van der Waals surface area contributed by atoms with Crippen molar-refractivity contribution in [3.8, 4) is 5.75 Å². The van der Waals surface area contributed by atoms with Crippen molar-refractivity contribution in [2.75, 3.05) is 26.4 Å². The molecule has 2 N–H and O–H groups in total. The van der Waals surface area contributed by atoms with Crippen molar-refractivity contribution < 1.29 is 14.6 Å². The first-order valence-electron chi connectivity index (χ1n) is 7.09. The third-order valence-corrected chi connectivity index (χ3v) is 4.46. The second kappa shape index (κ2) is 5.90. The summed E-state index contributed by atoms with van der Waals surface area (Å²) >= 11 is 6.00. The van der Waals surface area contributed by atoms with E-state index in [1.54, 1.807) is 0 Å². The van der Waals surface area contributed by atoms with Crippen molar-refractivity contribution in [1.82, 2.24) is 5.32 Å². The minimum atomic E-state index is -0.214. The summed E-state index contributed by atoms with van der Waals surface area (Å²) in [6.45, 7) is 2.28. The quantitative estimate of drug-likeness (QED) is 0.889. The van der Waals surface area contributed by atoms with Crippen LogP contribution in [0.15, 0.2) is 18.2 Å². The molecule has 5 heteroatoms. The summed E-state index contributed by atoms with van der Waals surface area (Å²) < 4.78 is 11.3. The zero-order chi connectivity index (χ0) is 14.0. The van der Waals surface area contributed by atoms with Crippen molar-refractivity contribution in [2.45, 2.75) is 30.9 Å². The van der Waals surface area contributed by atoms with Crippen molar-refractivity contribution in [1.29, 1.82) is 0 Å². The van der Waals surface area contributed by atoms with E-state index in [0.29, 0.717) is 13.2 Å². The molecule has 3 rings (SSSR count). The van der Waals surface area contributed by atoms with E-state index in [1.165, 1.54) is 0 Å². The van der Waals surface area contributed by atoms with Crippen LogP contribution in [0.3, 0.4) is 0 Å². The number of fused-ring (bicyclic) bond motifs is 1. The molecule has 1 saturated heterocycles. The Kier molecular flexibility index (Phi) is 4.17. The van der Waals surface area contributed by atoms with Gasteiger partial charge in [-0.1, -0.05) is 11.6 Å². The van der Waals surface area contributed by atoms with Crippen LogP contribution in [-0.4, -0.2) is 43.1 Å². The van der Waals surface area contributed by atoms with Crippen LogP contribution in [0.2, 0.25) is 5.02 Å². The maximum absolute atomic E-state index is 9.65. The molecule has 0 bridgehead atoms. The minimum Gasteiger partial charge on any atom is -0.488 e. The predicted molar refractivity (Wildman–Crippen MR) is 77.4 cm³/mol. The molecule has 1 unspecified atom stereocenters. The Labute approximate surface area is 124 Å². The lowest BCUT2D eigenvalue weighted by Crippen LogP contribution is -2.54. The van der Waals surface area contributed by atoms with Crippen LogP contribution in [0, 0.1) is 0 Å². The van der Waals surface area contributed by atoms with Crippen LogP contribution >= 0.6 is 11.6 Å². The fourth-order valence-corrected chi connectivity index (χ4v) is 3.08. The topological polar surface area (TPSA) is 50.7 Å². The standard InChI is InChI=1S/C15H20ClNO3/c16-12-1-2-14-11(7-12)8-13(20-14)9-17-15(10-18)3-5-19-6-4-15/h1-2,7,13,17-18H,3-6,8-10H2. The monoisotopic (exact) mass is 297 g/mol. The van der Waals surface area contributed by atoms with Gasteiger partial charge in [0.15, 0.2) is 0 Å². The average molecular weight is 298 g/mol. The third kappa shape index (κ3) is 2.93. The zero-order valence-corrected chi connectivity index (χ0v) is 12.2. The van der Waals surface area contributed by atoms with Gasteiger partial charge in [-0.25, -0.2) is 0 Å². The lowest BCUT2D eigenvalue weighted by atomic mass is 9.90. The molecular weight excluding hydrogens is 278 g/mol. The van der Waals surface area contributed by atoms with Crippen LogP contribution < -0.4 is 10.1 Å². The van der Waals surface area contributed by atoms with E-state index in [0.717, 1.165) is 42.1 Å². The van der Waals surface area contributed by atoms with Crippen molar-refractivity contribution >= 4 is 11.6 Å². The van der Waals surface area contributed by atoms with Crippen LogP contribution in [0.5, 0.6) is 5.75 Å². The highest BCUT2D eigenvalue weighted by molar-refractivity contribution is 6.30. The largest absolute Gasteiger partial charge is 0.488 e. The molecule has 1 fully saturated rings. The number of nitrogens with one attached hydrogen (secondary N) is 1. The number of hydrogen-bond donors (Lipinski definition) is 2. The number of rotatable bonds is 4. The Morgan fingerprint density at radius 3 is 2.90 bits per heavy atom. The summed E-state index contributed by atoms with van der Waals surface area (Å²) in [5.74, 6) is 0.922. The fraction of sp³-hybridized carbons (Fsp3) is 0.600. The molecule has 0 aromatic heterocycles. The van der Waals surface area contributed by atoms with E-state index in [4.69, 9.17) is 21.1 Å². The molecule has 0 radical (unpaired) electrons. The minimum absolute atomic E-state index is 0.106. The zero-order valence-electron chi connectivity index (χ0n) is 11.4. The molecule has 2 heterocycles. The molecular formula is C15H20ClNO3. The second-order valence-electron chi connectivity index (χ2n) is 5.63. The number of aliphatic hydroxyl groups is 1. The highest BCUT2D eigenvalue weighted by Gasteiger charge is 2.33. The number of ether oxygens (including phenoxy) is 2. The normalized spacial score (nSPS) is 24.2. The van der Waals surface area contributed by atoms with Gasteiger partial charge in [0.25, 0.3) is 0 Å². The SMILES string of the molecule is OCC1(NCC2Cc3cc(Cl)ccc3O2)CCOCC1. The first-order chi connectivity index (χ1) is 9.71. The lowest BCUT2D eigenvalue weighted by Gasteiger charge is -2.37. The molecule has 20 heavy (non-hydrogen) atoms. The molecule has 1 atom stereocenters. The Hall–Kier alpha value is -0.810. The molecule has 2 aliphatic rings. The number of hydrogen-bond acceptors (Lipinski definition) is 4. The van der Waals surface area contributed by atoms with E-state index in [1.807, 2.05) is 18.2 Å².